The minimum Gasteiger partial charge on any atom is -0.376 e. The van der Waals surface area contributed by atoms with E-state index >= 15 is 0 Å². The molecule has 1 atom stereocenters. The summed E-state index contributed by atoms with van der Waals surface area (Å²) in [5.74, 6) is 0. The summed E-state index contributed by atoms with van der Waals surface area (Å²) in [5, 5.41) is 0. The normalized spacial score (nSPS) is 30.0. The average molecular weight is 226 g/mol. The van der Waals surface area contributed by atoms with Crippen molar-refractivity contribution < 1.29 is 4.74 Å². The van der Waals surface area contributed by atoms with E-state index in [2.05, 4.69) is 11.8 Å². The highest BCUT2D eigenvalue weighted by Gasteiger charge is 2.35. The molecule has 1 heterocycles. The maximum absolute atomic E-state index is 5.89. The first kappa shape index (κ1) is 12.3. The van der Waals surface area contributed by atoms with Crippen LogP contribution in [0.25, 0.3) is 0 Å². The van der Waals surface area contributed by atoms with Crippen molar-refractivity contribution in [3.05, 3.63) is 0 Å². The largest absolute Gasteiger partial charge is 0.376 e. The molecule has 3 nitrogen and oxygen atoms in total. The summed E-state index contributed by atoms with van der Waals surface area (Å²) < 4.78 is 5.69. The quantitative estimate of drug-likeness (QED) is 0.774. The molecule has 3 heteroatoms. The van der Waals surface area contributed by atoms with Gasteiger partial charge in [-0.2, -0.15) is 0 Å². The second-order valence-corrected chi connectivity index (χ2v) is 5.51. The van der Waals surface area contributed by atoms with Crippen LogP contribution in [0, 0.1) is 5.41 Å². The van der Waals surface area contributed by atoms with Gasteiger partial charge in [-0.15, -0.1) is 0 Å². The first-order valence-electron chi connectivity index (χ1n) is 6.82. The fraction of sp³-hybridized carbons (Fsp3) is 1.00. The molecule has 94 valence electrons. The maximum atomic E-state index is 5.89. The van der Waals surface area contributed by atoms with Gasteiger partial charge in [-0.3, -0.25) is 4.90 Å². The molecule has 1 aliphatic carbocycles. The number of hydrogen-bond donors (Lipinski definition) is 1. The molecule has 0 spiro atoms. The highest BCUT2D eigenvalue weighted by Crippen LogP contribution is 2.42. The average Bonchev–Trinajstić information content (AvgIpc) is 2.29. The number of ether oxygens (including phenoxy) is 1. The lowest BCUT2D eigenvalue weighted by molar-refractivity contribution is -0.0358. The van der Waals surface area contributed by atoms with E-state index in [1.807, 2.05) is 0 Å². The van der Waals surface area contributed by atoms with Crippen molar-refractivity contribution in [1.82, 2.24) is 4.90 Å². The summed E-state index contributed by atoms with van der Waals surface area (Å²) >= 11 is 0. The van der Waals surface area contributed by atoms with Gasteiger partial charge >= 0.3 is 0 Å². The third-order valence-corrected chi connectivity index (χ3v) is 4.48. The smallest absolute Gasteiger partial charge is 0.0700 e. The van der Waals surface area contributed by atoms with Crippen molar-refractivity contribution in [2.75, 3.05) is 32.8 Å². The Kier molecular flexibility index (Phi) is 4.22. The molecule has 1 aliphatic heterocycles. The lowest BCUT2D eigenvalue weighted by Crippen LogP contribution is -2.46. The van der Waals surface area contributed by atoms with E-state index < -0.39 is 0 Å². The Morgan fingerprint density at radius 3 is 2.81 bits per heavy atom. The second-order valence-electron chi connectivity index (χ2n) is 5.51. The van der Waals surface area contributed by atoms with E-state index in [4.69, 9.17) is 10.5 Å². The molecule has 0 radical (unpaired) electrons. The Morgan fingerprint density at radius 2 is 2.25 bits per heavy atom. The summed E-state index contributed by atoms with van der Waals surface area (Å²) in [6, 6.07) is 0. The van der Waals surface area contributed by atoms with Gasteiger partial charge < -0.3 is 10.5 Å². The van der Waals surface area contributed by atoms with Gasteiger partial charge in [0.2, 0.25) is 0 Å². The van der Waals surface area contributed by atoms with Gasteiger partial charge in [0.05, 0.1) is 12.7 Å². The standard InChI is InChI=1S/C13H26N2O/c1-2-12-10-15(8-9-16-12)7-6-13(11-14)4-3-5-13/h12H,2-11,14H2,1H3. The molecule has 0 aromatic carbocycles. The van der Waals surface area contributed by atoms with Crippen molar-refractivity contribution in [2.24, 2.45) is 11.1 Å². The molecule has 2 fully saturated rings. The Balaban J connectivity index is 1.72. The molecule has 1 unspecified atom stereocenters. The molecule has 16 heavy (non-hydrogen) atoms. The Labute approximate surface area is 99.3 Å². The van der Waals surface area contributed by atoms with Gasteiger partial charge in [0.15, 0.2) is 0 Å². The number of morpholine rings is 1. The Morgan fingerprint density at radius 1 is 1.44 bits per heavy atom. The summed E-state index contributed by atoms with van der Waals surface area (Å²) in [7, 11) is 0. The third kappa shape index (κ3) is 2.76. The van der Waals surface area contributed by atoms with Gasteiger partial charge in [0.25, 0.3) is 0 Å². The molecule has 0 aromatic rings. The van der Waals surface area contributed by atoms with E-state index in [1.165, 1.54) is 32.2 Å². The van der Waals surface area contributed by atoms with Crippen molar-refractivity contribution in [1.29, 1.82) is 0 Å². The fourth-order valence-corrected chi connectivity index (χ4v) is 2.86. The van der Waals surface area contributed by atoms with Crippen LogP contribution in [-0.2, 0) is 4.74 Å². The number of hydrogen-bond acceptors (Lipinski definition) is 3. The molecule has 1 saturated carbocycles. The zero-order chi connectivity index (χ0) is 11.4. The van der Waals surface area contributed by atoms with E-state index in [9.17, 15) is 0 Å². The molecule has 2 rings (SSSR count). The van der Waals surface area contributed by atoms with Crippen LogP contribution in [0.4, 0.5) is 0 Å². The SMILES string of the molecule is CCC1CN(CCC2(CN)CCC2)CCO1. The van der Waals surface area contributed by atoms with E-state index in [1.54, 1.807) is 0 Å². The summed E-state index contributed by atoms with van der Waals surface area (Å²) in [4.78, 5) is 2.56. The monoisotopic (exact) mass is 226 g/mol. The van der Waals surface area contributed by atoms with Crippen molar-refractivity contribution in [3.8, 4) is 0 Å². The molecule has 0 aromatic heterocycles. The van der Waals surface area contributed by atoms with E-state index in [0.29, 0.717) is 11.5 Å². The van der Waals surface area contributed by atoms with E-state index in [-0.39, 0.29) is 0 Å². The van der Waals surface area contributed by atoms with Gasteiger partial charge in [-0.1, -0.05) is 13.3 Å². The van der Waals surface area contributed by atoms with Crippen LogP contribution < -0.4 is 5.73 Å². The topological polar surface area (TPSA) is 38.5 Å². The third-order valence-electron chi connectivity index (χ3n) is 4.48. The van der Waals surface area contributed by atoms with Crippen LogP contribution in [0.2, 0.25) is 0 Å². The summed E-state index contributed by atoms with van der Waals surface area (Å²) in [6.07, 6.45) is 6.98. The lowest BCUT2D eigenvalue weighted by Gasteiger charge is -2.43. The highest BCUT2D eigenvalue weighted by atomic mass is 16.5. The van der Waals surface area contributed by atoms with Crippen molar-refractivity contribution in [2.45, 2.75) is 45.1 Å². The molecule has 0 amide bonds. The van der Waals surface area contributed by atoms with Gasteiger partial charge in [-0.05, 0) is 44.2 Å². The molecule has 2 N–H and O–H groups in total. The molecular weight excluding hydrogens is 200 g/mol. The van der Waals surface area contributed by atoms with Crippen LogP contribution in [0.1, 0.15) is 39.0 Å². The van der Waals surface area contributed by atoms with Crippen molar-refractivity contribution >= 4 is 0 Å². The number of nitrogens with two attached hydrogens (primary N) is 1. The van der Waals surface area contributed by atoms with Crippen LogP contribution >= 0.6 is 0 Å². The van der Waals surface area contributed by atoms with E-state index in [0.717, 1.165) is 32.7 Å². The van der Waals surface area contributed by atoms with Crippen LogP contribution in [0.3, 0.4) is 0 Å². The van der Waals surface area contributed by atoms with Gasteiger partial charge in [-0.25, -0.2) is 0 Å². The predicted molar refractivity (Wildman–Crippen MR) is 66.4 cm³/mol. The van der Waals surface area contributed by atoms with Gasteiger partial charge in [0.1, 0.15) is 0 Å². The minimum absolute atomic E-state index is 0.462. The fourth-order valence-electron chi connectivity index (χ4n) is 2.86. The maximum Gasteiger partial charge on any atom is 0.0700 e. The molecule has 0 bridgehead atoms. The predicted octanol–water partition coefficient (Wildman–Crippen LogP) is 1.62. The minimum atomic E-state index is 0.462. The lowest BCUT2D eigenvalue weighted by atomic mass is 9.66. The number of rotatable bonds is 5. The van der Waals surface area contributed by atoms with Gasteiger partial charge in [0, 0.05) is 13.1 Å². The highest BCUT2D eigenvalue weighted by molar-refractivity contribution is 4.89. The zero-order valence-electron chi connectivity index (χ0n) is 10.6. The Bertz CT molecular complexity index is 210. The molecular formula is C13H26N2O. The first-order valence-corrected chi connectivity index (χ1v) is 6.82. The van der Waals surface area contributed by atoms with Crippen LogP contribution in [-0.4, -0.2) is 43.8 Å². The van der Waals surface area contributed by atoms with Crippen LogP contribution in [0.5, 0.6) is 0 Å². The zero-order valence-corrected chi connectivity index (χ0v) is 10.6. The Hall–Kier alpha value is -0.120. The summed E-state index contributed by atoms with van der Waals surface area (Å²) in [5.41, 5.74) is 6.39. The summed E-state index contributed by atoms with van der Waals surface area (Å²) in [6.45, 7) is 7.45. The molecule has 2 aliphatic rings. The van der Waals surface area contributed by atoms with Crippen LogP contribution in [0.15, 0.2) is 0 Å². The molecule has 1 saturated heterocycles. The number of nitrogens with zero attached hydrogens (tertiary/aromatic N) is 1. The van der Waals surface area contributed by atoms with Crippen molar-refractivity contribution in [3.63, 3.8) is 0 Å². The first-order chi connectivity index (χ1) is 7.78. The second kappa shape index (κ2) is 5.48.